The topological polar surface area (TPSA) is 107 Å². The van der Waals surface area contributed by atoms with Crippen molar-refractivity contribution in [2.75, 3.05) is 23.8 Å². The van der Waals surface area contributed by atoms with Crippen molar-refractivity contribution in [2.45, 2.75) is 32.2 Å². The molecule has 0 radical (unpaired) electrons. The Morgan fingerprint density at radius 2 is 2.32 bits per heavy atom. The van der Waals surface area contributed by atoms with Crippen molar-refractivity contribution in [3.05, 3.63) is 6.33 Å². The predicted molar refractivity (Wildman–Crippen MR) is 71.8 cm³/mol. The Hall–Kier alpha value is -2.05. The number of carbonyl (C=O) groups excluding carboxylic acids is 1. The highest BCUT2D eigenvalue weighted by atomic mass is 16.5. The molecule has 1 unspecified atom stereocenters. The van der Waals surface area contributed by atoms with Crippen LogP contribution in [0.15, 0.2) is 6.33 Å². The number of carbonyl (C=O) groups is 1. The summed E-state index contributed by atoms with van der Waals surface area (Å²) in [4.78, 5) is 21.5. The second-order valence-corrected chi connectivity index (χ2v) is 4.46. The minimum Gasteiger partial charge on any atom is -0.476 e. The number of primary amides is 1. The number of rotatable bonds is 4. The molecule has 4 N–H and O–H groups in total. The van der Waals surface area contributed by atoms with Crippen LogP contribution < -0.4 is 21.1 Å². The first-order valence-corrected chi connectivity index (χ1v) is 6.44. The highest BCUT2D eigenvalue weighted by Gasteiger charge is 2.30. The van der Waals surface area contributed by atoms with Gasteiger partial charge in [-0.05, 0) is 26.2 Å². The third-order valence-corrected chi connectivity index (χ3v) is 3.21. The van der Waals surface area contributed by atoms with E-state index in [2.05, 4.69) is 9.97 Å². The molecule has 0 aromatic carbocycles. The van der Waals surface area contributed by atoms with Gasteiger partial charge in [-0.25, -0.2) is 4.98 Å². The number of aromatic nitrogens is 2. The van der Waals surface area contributed by atoms with Crippen LogP contribution in [0.2, 0.25) is 0 Å². The first-order valence-electron chi connectivity index (χ1n) is 6.44. The summed E-state index contributed by atoms with van der Waals surface area (Å²) in [5, 5.41) is 0. The molecular formula is C12H19N5O2. The van der Waals surface area contributed by atoms with Crippen molar-refractivity contribution in [1.82, 2.24) is 9.97 Å². The first-order chi connectivity index (χ1) is 9.15. The fraction of sp³-hybridized carbons (Fsp3) is 0.583. The van der Waals surface area contributed by atoms with E-state index in [1.807, 2.05) is 11.8 Å². The maximum Gasteiger partial charge on any atom is 0.242 e. The smallest absolute Gasteiger partial charge is 0.242 e. The van der Waals surface area contributed by atoms with Crippen LogP contribution in [0.3, 0.4) is 0 Å². The first kappa shape index (κ1) is 13.4. The van der Waals surface area contributed by atoms with Gasteiger partial charge in [0.15, 0.2) is 5.82 Å². The summed E-state index contributed by atoms with van der Waals surface area (Å²) in [5.41, 5.74) is 11.8. The van der Waals surface area contributed by atoms with Crippen LogP contribution in [0.25, 0.3) is 0 Å². The summed E-state index contributed by atoms with van der Waals surface area (Å²) in [6.45, 7) is 3.04. The van der Waals surface area contributed by atoms with Gasteiger partial charge in [0.1, 0.15) is 18.1 Å². The van der Waals surface area contributed by atoms with E-state index in [1.54, 1.807) is 0 Å². The molecule has 0 aliphatic carbocycles. The maximum atomic E-state index is 11.5. The molecule has 1 aromatic heterocycles. The summed E-state index contributed by atoms with van der Waals surface area (Å²) in [6.07, 6.45) is 4.08. The average Bonchev–Trinajstić information content (AvgIpc) is 2.41. The summed E-state index contributed by atoms with van der Waals surface area (Å²) < 4.78 is 5.34. The molecular weight excluding hydrogens is 246 g/mol. The Balaban J connectivity index is 2.33. The molecule has 1 fully saturated rings. The number of hydrogen-bond acceptors (Lipinski definition) is 6. The summed E-state index contributed by atoms with van der Waals surface area (Å²) >= 11 is 0. The van der Waals surface area contributed by atoms with E-state index in [9.17, 15) is 4.79 Å². The van der Waals surface area contributed by atoms with Gasteiger partial charge >= 0.3 is 0 Å². The van der Waals surface area contributed by atoms with E-state index >= 15 is 0 Å². The Kier molecular flexibility index (Phi) is 4.03. The molecule has 104 valence electrons. The van der Waals surface area contributed by atoms with E-state index in [0.29, 0.717) is 30.5 Å². The van der Waals surface area contributed by atoms with Gasteiger partial charge in [0, 0.05) is 6.54 Å². The molecule has 0 bridgehead atoms. The molecule has 1 aliphatic heterocycles. The number of anilines is 2. The normalized spacial score (nSPS) is 19.2. The fourth-order valence-corrected chi connectivity index (χ4v) is 2.33. The predicted octanol–water partition coefficient (Wildman–Crippen LogP) is 0.302. The molecule has 19 heavy (non-hydrogen) atoms. The molecule has 1 saturated heterocycles. The van der Waals surface area contributed by atoms with Gasteiger partial charge in [0.2, 0.25) is 11.8 Å². The van der Waals surface area contributed by atoms with Gasteiger partial charge in [-0.2, -0.15) is 4.98 Å². The number of amides is 1. The summed E-state index contributed by atoms with van der Waals surface area (Å²) in [5.74, 6) is 0.527. The van der Waals surface area contributed by atoms with Gasteiger partial charge in [-0.15, -0.1) is 0 Å². The van der Waals surface area contributed by atoms with E-state index in [1.165, 1.54) is 6.33 Å². The molecule has 7 nitrogen and oxygen atoms in total. The van der Waals surface area contributed by atoms with E-state index in [0.717, 1.165) is 19.3 Å². The van der Waals surface area contributed by atoms with Gasteiger partial charge < -0.3 is 21.1 Å². The Bertz CT molecular complexity index is 465. The summed E-state index contributed by atoms with van der Waals surface area (Å²) in [6, 6.07) is -0.361. The van der Waals surface area contributed by atoms with Crippen LogP contribution in [0.1, 0.15) is 26.2 Å². The number of nitrogens with zero attached hydrogens (tertiary/aromatic N) is 3. The van der Waals surface area contributed by atoms with Gasteiger partial charge in [-0.3, -0.25) is 4.79 Å². The van der Waals surface area contributed by atoms with Crippen LogP contribution in [0.4, 0.5) is 11.5 Å². The van der Waals surface area contributed by atoms with Crippen LogP contribution in [0.5, 0.6) is 5.88 Å². The zero-order valence-corrected chi connectivity index (χ0v) is 11.0. The van der Waals surface area contributed by atoms with Gasteiger partial charge in [0.25, 0.3) is 0 Å². The third-order valence-electron chi connectivity index (χ3n) is 3.21. The highest BCUT2D eigenvalue weighted by molar-refractivity contribution is 5.85. The van der Waals surface area contributed by atoms with E-state index in [-0.39, 0.29) is 11.9 Å². The van der Waals surface area contributed by atoms with Gasteiger partial charge in [0.05, 0.1) is 6.61 Å². The average molecular weight is 265 g/mol. The molecule has 1 amide bonds. The standard InChI is InChI=1S/C12H19N5O2/c1-2-19-12-9(13)11(15-7-16-12)17-6-4-3-5-8(17)10(14)18/h7-8H,2-6,13H2,1H3,(H2,14,18). The number of ether oxygens (including phenoxy) is 1. The molecule has 2 rings (SSSR count). The van der Waals surface area contributed by atoms with E-state index < -0.39 is 0 Å². The zero-order valence-electron chi connectivity index (χ0n) is 11.0. The SMILES string of the molecule is CCOc1ncnc(N2CCCCC2C(N)=O)c1N. The minimum atomic E-state index is -0.361. The van der Waals surface area contributed by atoms with Crippen LogP contribution in [0, 0.1) is 0 Å². The molecule has 1 atom stereocenters. The quantitative estimate of drug-likeness (QED) is 0.810. The highest BCUT2D eigenvalue weighted by Crippen LogP contribution is 2.32. The van der Waals surface area contributed by atoms with Crippen molar-refractivity contribution in [3.8, 4) is 5.88 Å². The lowest BCUT2D eigenvalue weighted by molar-refractivity contribution is -0.119. The lowest BCUT2D eigenvalue weighted by atomic mass is 10.0. The summed E-state index contributed by atoms with van der Waals surface area (Å²) in [7, 11) is 0. The van der Waals surface area contributed by atoms with Crippen molar-refractivity contribution in [3.63, 3.8) is 0 Å². The van der Waals surface area contributed by atoms with Crippen LogP contribution >= 0.6 is 0 Å². The Labute approximate surface area is 111 Å². The number of nitrogens with two attached hydrogens (primary N) is 2. The van der Waals surface area contributed by atoms with Crippen molar-refractivity contribution < 1.29 is 9.53 Å². The Morgan fingerprint density at radius 1 is 1.53 bits per heavy atom. The van der Waals surface area contributed by atoms with Crippen LogP contribution in [-0.2, 0) is 4.79 Å². The third kappa shape index (κ3) is 2.69. The number of hydrogen-bond donors (Lipinski definition) is 2. The second kappa shape index (κ2) is 5.73. The number of piperidine rings is 1. The van der Waals surface area contributed by atoms with Crippen LogP contribution in [-0.4, -0.2) is 35.1 Å². The van der Waals surface area contributed by atoms with Crippen molar-refractivity contribution in [2.24, 2.45) is 5.73 Å². The zero-order chi connectivity index (χ0) is 13.8. The van der Waals surface area contributed by atoms with Gasteiger partial charge in [-0.1, -0.05) is 0 Å². The fourth-order valence-electron chi connectivity index (χ4n) is 2.33. The number of nitrogen functional groups attached to an aromatic ring is 1. The largest absolute Gasteiger partial charge is 0.476 e. The molecule has 0 spiro atoms. The van der Waals surface area contributed by atoms with E-state index in [4.69, 9.17) is 16.2 Å². The van der Waals surface area contributed by atoms with Crippen molar-refractivity contribution >= 4 is 17.4 Å². The van der Waals surface area contributed by atoms with Crippen molar-refractivity contribution in [1.29, 1.82) is 0 Å². The lowest BCUT2D eigenvalue weighted by Crippen LogP contribution is -2.48. The maximum absolute atomic E-state index is 11.5. The molecule has 2 heterocycles. The lowest BCUT2D eigenvalue weighted by Gasteiger charge is -2.35. The molecule has 7 heteroatoms. The Morgan fingerprint density at radius 3 is 3.00 bits per heavy atom. The molecule has 0 saturated carbocycles. The second-order valence-electron chi connectivity index (χ2n) is 4.46. The molecule has 1 aromatic rings. The molecule has 1 aliphatic rings. The minimum absolute atomic E-state index is 0.348. The monoisotopic (exact) mass is 265 g/mol.